The summed E-state index contributed by atoms with van der Waals surface area (Å²) in [6, 6.07) is 0. The van der Waals surface area contributed by atoms with Gasteiger partial charge in [0.15, 0.2) is 12.4 Å². The molecule has 0 aromatic carbocycles. The number of Topliss-reactive ketones (excluding diaryl/α,β-unsaturated/α-hetero) is 1. The molecule has 0 aromatic heterocycles. The summed E-state index contributed by atoms with van der Waals surface area (Å²) >= 11 is 0. The van der Waals surface area contributed by atoms with Crippen LogP contribution in [0.5, 0.6) is 0 Å². The van der Waals surface area contributed by atoms with Gasteiger partial charge in [0.2, 0.25) is 5.78 Å². The highest BCUT2D eigenvalue weighted by Crippen LogP contribution is 2.68. The van der Waals surface area contributed by atoms with Crippen molar-refractivity contribution in [3.63, 3.8) is 0 Å². The van der Waals surface area contributed by atoms with Gasteiger partial charge in [0.05, 0.1) is 6.10 Å². The summed E-state index contributed by atoms with van der Waals surface area (Å²) in [5, 5.41) is 23.1. The number of carbonyl (C=O) groups excluding carboxylic acids is 3. The molecular formula is C24H32O6. The zero-order valence-corrected chi connectivity index (χ0v) is 18.2. The maximum atomic E-state index is 13.1. The first-order valence-electron chi connectivity index (χ1n) is 11.0. The molecule has 30 heavy (non-hydrogen) atoms. The summed E-state index contributed by atoms with van der Waals surface area (Å²) in [7, 11) is 0. The Kier molecular flexibility index (Phi) is 4.90. The first kappa shape index (κ1) is 21.4. The van der Waals surface area contributed by atoms with Gasteiger partial charge in [0.25, 0.3) is 0 Å². The molecule has 4 unspecified atom stereocenters. The van der Waals surface area contributed by atoms with Crippen molar-refractivity contribution in [2.45, 2.75) is 65.1 Å². The Balaban J connectivity index is 1.70. The van der Waals surface area contributed by atoms with Crippen LogP contribution in [-0.2, 0) is 19.1 Å². The average Bonchev–Trinajstić information content (AvgIpc) is 2.87. The molecule has 0 spiro atoms. The van der Waals surface area contributed by atoms with Crippen molar-refractivity contribution < 1.29 is 29.3 Å². The van der Waals surface area contributed by atoms with Crippen LogP contribution in [0.15, 0.2) is 23.8 Å². The number of fused-ring (bicyclic) bond motifs is 5. The molecule has 4 aliphatic rings. The number of ketones is 2. The van der Waals surface area contributed by atoms with Gasteiger partial charge in [-0.25, -0.2) is 0 Å². The number of rotatable bonds is 3. The second-order valence-electron chi connectivity index (χ2n) is 10.3. The molecule has 0 bridgehead atoms. The van der Waals surface area contributed by atoms with Crippen molar-refractivity contribution in [2.24, 2.45) is 34.5 Å². The largest absolute Gasteiger partial charge is 0.458 e. The number of hydrogen-bond acceptors (Lipinski definition) is 6. The minimum absolute atomic E-state index is 0.00371. The summed E-state index contributed by atoms with van der Waals surface area (Å²) in [4.78, 5) is 36.2. The molecule has 6 nitrogen and oxygen atoms in total. The van der Waals surface area contributed by atoms with E-state index in [4.69, 9.17) is 4.74 Å². The second-order valence-corrected chi connectivity index (χ2v) is 10.3. The van der Waals surface area contributed by atoms with Crippen molar-refractivity contribution in [3.05, 3.63) is 23.8 Å². The standard InChI is InChI=1S/C24H32O6/c1-13-9-18-17-6-5-15-10-16(26)7-8-22(15,3)21(17)19(27)11-23(18,4)24(13,29)20(28)12-30-14(2)25/h7-8,10,13,17-19,21,27,29H,5-6,9,11-12H2,1-4H3/t13-,17?,18?,19?,21?,22+,23+,24+/m1/s1. The molecule has 0 heterocycles. The van der Waals surface area contributed by atoms with E-state index < -0.39 is 35.5 Å². The average molecular weight is 417 g/mol. The normalized spacial score (nSPS) is 47.1. The van der Waals surface area contributed by atoms with E-state index in [-0.39, 0.29) is 34.9 Å². The fourth-order valence-electron chi connectivity index (χ4n) is 7.53. The maximum absolute atomic E-state index is 13.1. The lowest BCUT2D eigenvalue weighted by Crippen LogP contribution is -2.62. The van der Waals surface area contributed by atoms with E-state index >= 15 is 0 Å². The van der Waals surface area contributed by atoms with Crippen LogP contribution >= 0.6 is 0 Å². The summed E-state index contributed by atoms with van der Waals surface area (Å²) in [5.41, 5.74) is -1.75. The number of hydrogen-bond donors (Lipinski definition) is 2. The van der Waals surface area contributed by atoms with Gasteiger partial charge in [-0.05, 0) is 55.6 Å². The Bertz CT molecular complexity index is 858. The molecular weight excluding hydrogens is 384 g/mol. The van der Waals surface area contributed by atoms with Gasteiger partial charge >= 0.3 is 5.97 Å². The number of esters is 1. The predicted octanol–water partition coefficient (Wildman–Crippen LogP) is 2.37. The van der Waals surface area contributed by atoms with Crippen LogP contribution < -0.4 is 0 Å². The lowest BCUT2D eigenvalue weighted by atomic mass is 9.46. The highest BCUT2D eigenvalue weighted by Gasteiger charge is 2.70. The Hall–Kier alpha value is -1.79. The molecule has 4 aliphatic carbocycles. The van der Waals surface area contributed by atoms with Crippen molar-refractivity contribution in [1.29, 1.82) is 0 Å². The van der Waals surface area contributed by atoms with Crippen LogP contribution in [-0.4, -0.2) is 46.1 Å². The van der Waals surface area contributed by atoms with E-state index in [2.05, 4.69) is 6.92 Å². The van der Waals surface area contributed by atoms with E-state index in [9.17, 15) is 24.6 Å². The highest BCUT2D eigenvalue weighted by molar-refractivity contribution is 6.01. The van der Waals surface area contributed by atoms with E-state index in [1.165, 1.54) is 6.92 Å². The fourth-order valence-corrected chi connectivity index (χ4v) is 7.53. The molecule has 164 valence electrons. The Morgan fingerprint density at radius 3 is 2.67 bits per heavy atom. The lowest BCUT2D eigenvalue weighted by Gasteiger charge is -2.59. The van der Waals surface area contributed by atoms with Crippen LogP contribution in [0.25, 0.3) is 0 Å². The monoisotopic (exact) mass is 416 g/mol. The molecule has 8 atom stereocenters. The van der Waals surface area contributed by atoms with Crippen molar-refractivity contribution in [2.75, 3.05) is 6.61 Å². The van der Waals surface area contributed by atoms with Gasteiger partial charge in [0, 0.05) is 23.7 Å². The van der Waals surface area contributed by atoms with Crippen molar-refractivity contribution in [1.82, 2.24) is 0 Å². The van der Waals surface area contributed by atoms with Gasteiger partial charge < -0.3 is 14.9 Å². The number of carbonyl (C=O) groups is 3. The molecule has 4 rings (SSSR count). The summed E-state index contributed by atoms with van der Waals surface area (Å²) < 4.78 is 4.93. The third-order valence-electron chi connectivity index (χ3n) is 8.91. The van der Waals surface area contributed by atoms with E-state index in [1.807, 2.05) is 19.9 Å². The fraction of sp³-hybridized carbons (Fsp3) is 0.708. The van der Waals surface area contributed by atoms with Crippen LogP contribution in [0.1, 0.15) is 53.4 Å². The molecule has 0 aromatic rings. The van der Waals surface area contributed by atoms with Crippen LogP contribution in [0.3, 0.4) is 0 Å². The summed E-state index contributed by atoms with van der Waals surface area (Å²) in [6.45, 7) is 6.69. The van der Waals surface area contributed by atoms with Crippen LogP contribution in [0.2, 0.25) is 0 Å². The Morgan fingerprint density at radius 1 is 1.30 bits per heavy atom. The van der Waals surface area contributed by atoms with Gasteiger partial charge in [-0.3, -0.25) is 14.4 Å². The Labute approximate surface area is 177 Å². The number of allylic oxidation sites excluding steroid dienone is 4. The quantitative estimate of drug-likeness (QED) is 0.685. The number of aliphatic hydroxyl groups excluding tert-OH is 1. The predicted molar refractivity (Wildman–Crippen MR) is 109 cm³/mol. The zero-order valence-electron chi connectivity index (χ0n) is 18.2. The minimum atomic E-state index is -1.64. The third-order valence-corrected chi connectivity index (χ3v) is 8.91. The maximum Gasteiger partial charge on any atom is 0.303 e. The first-order chi connectivity index (χ1) is 13.9. The van der Waals surface area contributed by atoms with Crippen molar-refractivity contribution >= 4 is 17.5 Å². The minimum Gasteiger partial charge on any atom is -0.458 e. The number of aliphatic hydroxyl groups is 2. The summed E-state index contributed by atoms with van der Waals surface area (Å²) in [5.74, 6) is -1.19. The van der Waals surface area contributed by atoms with Gasteiger partial charge in [-0.2, -0.15) is 0 Å². The SMILES string of the molecule is CC(=O)OCC(=O)[C@@]1(O)[C@H](C)CC2C3CCC4=CC(=O)C=C[C@]4(C)C3C(O)C[C@@]21C. The highest BCUT2D eigenvalue weighted by atomic mass is 16.5. The van der Waals surface area contributed by atoms with Gasteiger partial charge in [0.1, 0.15) is 5.60 Å². The van der Waals surface area contributed by atoms with E-state index in [0.29, 0.717) is 12.8 Å². The van der Waals surface area contributed by atoms with Crippen LogP contribution in [0.4, 0.5) is 0 Å². The third kappa shape index (κ3) is 2.72. The van der Waals surface area contributed by atoms with Gasteiger partial charge in [-0.15, -0.1) is 0 Å². The first-order valence-corrected chi connectivity index (χ1v) is 11.0. The Morgan fingerprint density at radius 2 is 2.00 bits per heavy atom. The molecule has 0 aliphatic heterocycles. The zero-order chi connectivity index (χ0) is 22.1. The molecule has 2 N–H and O–H groups in total. The smallest absolute Gasteiger partial charge is 0.303 e. The molecule has 3 fully saturated rings. The van der Waals surface area contributed by atoms with E-state index in [1.54, 1.807) is 12.2 Å². The van der Waals surface area contributed by atoms with E-state index in [0.717, 1.165) is 18.4 Å². The lowest BCUT2D eigenvalue weighted by molar-refractivity contribution is -0.185. The molecule has 3 saturated carbocycles. The van der Waals surface area contributed by atoms with Crippen LogP contribution in [0, 0.1) is 34.5 Å². The van der Waals surface area contributed by atoms with Gasteiger partial charge in [-0.1, -0.05) is 32.4 Å². The molecule has 0 radical (unpaired) electrons. The molecule has 6 heteroatoms. The number of ether oxygens (including phenoxy) is 1. The molecule has 0 amide bonds. The van der Waals surface area contributed by atoms with Crippen molar-refractivity contribution in [3.8, 4) is 0 Å². The second kappa shape index (κ2) is 6.86. The molecule has 0 saturated heterocycles. The topological polar surface area (TPSA) is 101 Å². The summed E-state index contributed by atoms with van der Waals surface area (Å²) in [6.07, 6.45) is 7.15.